The molecule has 1 unspecified atom stereocenters. The Bertz CT molecular complexity index is 986. The molecule has 0 bridgehead atoms. The van der Waals surface area contributed by atoms with E-state index in [1.807, 2.05) is 6.92 Å². The molecule has 2 fully saturated rings. The van der Waals surface area contributed by atoms with E-state index >= 15 is 0 Å². The molecule has 9 nitrogen and oxygen atoms in total. The van der Waals surface area contributed by atoms with Gasteiger partial charge < -0.3 is 14.5 Å². The maximum atomic E-state index is 13.0. The van der Waals surface area contributed by atoms with E-state index in [9.17, 15) is 22.8 Å². The molecule has 2 amide bonds. The Balaban J connectivity index is 1.56. The largest absolute Gasteiger partial charge is 0.466 e. The number of nitrogens with zero attached hydrogens (tertiary/aromatic N) is 3. The zero-order valence-electron chi connectivity index (χ0n) is 20.2. The molecule has 1 aromatic carbocycles. The van der Waals surface area contributed by atoms with Crippen LogP contribution in [0.5, 0.6) is 0 Å². The van der Waals surface area contributed by atoms with Crippen molar-refractivity contribution < 1.29 is 27.5 Å². The Morgan fingerprint density at radius 2 is 1.68 bits per heavy atom. The van der Waals surface area contributed by atoms with Crippen LogP contribution in [-0.4, -0.2) is 86.2 Å². The molecule has 0 aliphatic carbocycles. The number of rotatable bonds is 7. The lowest BCUT2D eigenvalue weighted by Gasteiger charge is -2.32. The molecule has 1 atom stereocenters. The lowest BCUT2D eigenvalue weighted by atomic mass is 9.97. The van der Waals surface area contributed by atoms with Gasteiger partial charge >= 0.3 is 5.97 Å². The number of hydrogen-bond acceptors (Lipinski definition) is 6. The van der Waals surface area contributed by atoms with Crippen molar-refractivity contribution in [1.29, 1.82) is 0 Å². The van der Waals surface area contributed by atoms with Crippen LogP contribution in [0.1, 0.15) is 56.3 Å². The van der Waals surface area contributed by atoms with Gasteiger partial charge in [0.2, 0.25) is 15.9 Å². The molecule has 0 N–H and O–H groups in total. The third kappa shape index (κ3) is 5.96. The standard InChI is InChI=1S/C24H35N3O6S/c1-4-33-24(30)20-12-15-26(16-13-20)22(28)17-25(3)23(29)19-8-10-21(11-9-19)34(31,32)27-14-6-5-7-18(27)2/h8-11,18,20H,4-7,12-17H2,1-3H3. The van der Waals surface area contributed by atoms with Gasteiger partial charge in [0.05, 0.1) is 24.0 Å². The number of amides is 2. The number of carbonyl (C=O) groups excluding carboxylic acids is 3. The van der Waals surface area contributed by atoms with E-state index in [0.29, 0.717) is 44.6 Å². The summed E-state index contributed by atoms with van der Waals surface area (Å²) >= 11 is 0. The van der Waals surface area contributed by atoms with Gasteiger partial charge in [-0.2, -0.15) is 4.31 Å². The third-order valence-corrected chi connectivity index (χ3v) is 8.66. The van der Waals surface area contributed by atoms with Crippen LogP contribution in [0.3, 0.4) is 0 Å². The molecule has 2 aliphatic rings. The molecule has 34 heavy (non-hydrogen) atoms. The van der Waals surface area contributed by atoms with Crippen LogP contribution >= 0.6 is 0 Å². The van der Waals surface area contributed by atoms with E-state index in [1.54, 1.807) is 18.9 Å². The van der Waals surface area contributed by atoms with Gasteiger partial charge in [0.25, 0.3) is 5.91 Å². The van der Waals surface area contributed by atoms with Gasteiger partial charge in [0.1, 0.15) is 0 Å². The van der Waals surface area contributed by atoms with Crippen molar-refractivity contribution in [2.75, 3.05) is 39.8 Å². The highest BCUT2D eigenvalue weighted by atomic mass is 32.2. The van der Waals surface area contributed by atoms with Crippen molar-refractivity contribution in [3.05, 3.63) is 29.8 Å². The molecular weight excluding hydrogens is 458 g/mol. The van der Waals surface area contributed by atoms with Gasteiger partial charge in [0.15, 0.2) is 0 Å². The van der Waals surface area contributed by atoms with Gasteiger partial charge in [0, 0.05) is 38.3 Å². The molecule has 0 radical (unpaired) electrons. The average Bonchev–Trinajstić information content (AvgIpc) is 2.84. The van der Waals surface area contributed by atoms with E-state index in [4.69, 9.17) is 4.74 Å². The zero-order valence-corrected chi connectivity index (χ0v) is 21.1. The number of hydrogen-bond donors (Lipinski definition) is 0. The molecule has 1 aromatic rings. The SMILES string of the molecule is CCOC(=O)C1CCN(C(=O)CN(C)C(=O)c2ccc(S(=O)(=O)N3CCCCC3C)cc2)CC1. The van der Waals surface area contributed by atoms with Crippen molar-refractivity contribution >= 4 is 27.8 Å². The predicted molar refractivity (Wildman–Crippen MR) is 127 cm³/mol. The van der Waals surface area contributed by atoms with Gasteiger partial charge in [-0.15, -0.1) is 0 Å². The summed E-state index contributed by atoms with van der Waals surface area (Å²) in [5.41, 5.74) is 0.321. The van der Waals surface area contributed by atoms with Crippen molar-refractivity contribution in [2.24, 2.45) is 5.92 Å². The number of sulfonamides is 1. The Kier molecular flexibility index (Phi) is 8.70. The number of piperidine rings is 2. The Labute approximate surface area is 202 Å². The Morgan fingerprint density at radius 3 is 2.26 bits per heavy atom. The molecule has 188 valence electrons. The van der Waals surface area contributed by atoms with Crippen LogP contribution in [-0.2, 0) is 24.3 Å². The van der Waals surface area contributed by atoms with Crippen molar-refractivity contribution in [2.45, 2.75) is 56.9 Å². The monoisotopic (exact) mass is 493 g/mol. The number of esters is 1. The summed E-state index contributed by atoms with van der Waals surface area (Å²) in [6, 6.07) is 5.87. The summed E-state index contributed by atoms with van der Waals surface area (Å²) in [4.78, 5) is 40.5. The molecule has 0 spiro atoms. The number of likely N-dealkylation sites (N-methyl/N-ethyl adjacent to an activating group) is 1. The second-order valence-electron chi connectivity index (χ2n) is 9.05. The zero-order chi connectivity index (χ0) is 24.9. The number of likely N-dealkylation sites (tertiary alicyclic amines) is 1. The fourth-order valence-electron chi connectivity index (χ4n) is 4.55. The van der Waals surface area contributed by atoms with Crippen LogP contribution in [0.25, 0.3) is 0 Å². The predicted octanol–water partition coefficient (Wildman–Crippen LogP) is 2.12. The van der Waals surface area contributed by atoms with E-state index in [0.717, 1.165) is 19.3 Å². The molecular formula is C24H35N3O6S. The van der Waals surface area contributed by atoms with Crippen molar-refractivity contribution in [3.8, 4) is 0 Å². The Hall–Kier alpha value is -2.46. The van der Waals surface area contributed by atoms with E-state index < -0.39 is 10.0 Å². The highest BCUT2D eigenvalue weighted by Crippen LogP contribution is 2.25. The maximum absolute atomic E-state index is 13.0. The Morgan fingerprint density at radius 1 is 1.03 bits per heavy atom. The quantitative estimate of drug-likeness (QED) is 0.539. The van der Waals surface area contributed by atoms with Gasteiger partial charge in [-0.05, 0) is 63.8 Å². The van der Waals surface area contributed by atoms with Crippen LogP contribution in [0.15, 0.2) is 29.2 Å². The van der Waals surface area contributed by atoms with Crippen LogP contribution < -0.4 is 0 Å². The minimum absolute atomic E-state index is 0.0421. The molecule has 2 heterocycles. The first-order valence-corrected chi connectivity index (χ1v) is 13.4. The summed E-state index contributed by atoms with van der Waals surface area (Å²) in [6.45, 7) is 5.35. The van der Waals surface area contributed by atoms with Crippen LogP contribution in [0, 0.1) is 5.92 Å². The topological polar surface area (TPSA) is 104 Å². The summed E-state index contributed by atoms with van der Waals surface area (Å²) in [5.74, 6) is -0.949. The molecule has 10 heteroatoms. The van der Waals surface area contributed by atoms with Crippen LogP contribution in [0.2, 0.25) is 0 Å². The maximum Gasteiger partial charge on any atom is 0.309 e. The number of benzene rings is 1. The fourth-order valence-corrected chi connectivity index (χ4v) is 6.25. The van der Waals surface area contributed by atoms with E-state index in [-0.39, 0.29) is 41.2 Å². The lowest BCUT2D eigenvalue weighted by Crippen LogP contribution is -2.45. The molecule has 0 saturated carbocycles. The van der Waals surface area contributed by atoms with Crippen LogP contribution in [0.4, 0.5) is 0 Å². The van der Waals surface area contributed by atoms with Gasteiger partial charge in [-0.3, -0.25) is 14.4 Å². The average molecular weight is 494 g/mol. The summed E-state index contributed by atoms with van der Waals surface area (Å²) < 4.78 is 32.6. The third-order valence-electron chi connectivity index (χ3n) is 6.64. The molecule has 3 rings (SSSR count). The smallest absolute Gasteiger partial charge is 0.309 e. The lowest BCUT2D eigenvalue weighted by molar-refractivity contribution is -0.151. The van der Waals surface area contributed by atoms with E-state index in [1.165, 1.54) is 33.5 Å². The molecule has 2 saturated heterocycles. The normalized spacial score (nSPS) is 20.1. The highest BCUT2D eigenvalue weighted by molar-refractivity contribution is 7.89. The number of carbonyl (C=O) groups is 3. The van der Waals surface area contributed by atoms with Crippen molar-refractivity contribution in [3.63, 3.8) is 0 Å². The highest BCUT2D eigenvalue weighted by Gasteiger charge is 2.32. The summed E-state index contributed by atoms with van der Waals surface area (Å²) in [5, 5.41) is 0. The first-order valence-electron chi connectivity index (χ1n) is 12.0. The van der Waals surface area contributed by atoms with E-state index in [2.05, 4.69) is 0 Å². The first-order chi connectivity index (χ1) is 16.1. The second-order valence-corrected chi connectivity index (χ2v) is 10.9. The molecule has 2 aliphatic heterocycles. The molecule has 0 aromatic heterocycles. The second kappa shape index (κ2) is 11.3. The van der Waals surface area contributed by atoms with Gasteiger partial charge in [-0.25, -0.2) is 8.42 Å². The summed E-state index contributed by atoms with van der Waals surface area (Å²) in [7, 11) is -2.06. The fraction of sp³-hybridized carbons (Fsp3) is 0.625. The van der Waals surface area contributed by atoms with Gasteiger partial charge in [-0.1, -0.05) is 6.42 Å². The first kappa shape index (κ1) is 26.2. The van der Waals surface area contributed by atoms with Crippen molar-refractivity contribution in [1.82, 2.24) is 14.1 Å². The minimum atomic E-state index is -3.61. The number of ether oxygens (including phenoxy) is 1. The minimum Gasteiger partial charge on any atom is -0.466 e. The summed E-state index contributed by atoms with van der Waals surface area (Å²) in [6.07, 6.45) is 3.81.